The van der Waals surface area contributed by atoms with Gasteiger partial charge in [-0.25, -0.2) is 9.37 Å². The minimum Gasteiger partial charge on any atom is -0.497 e. The maximum Gasteiger partial charge on any atom is 0.303 e. The zero-order valence-corrected chi connectivity index (χ0v) is 17.9. The molecule has 32 heavy (non-hydrogen) atoms. The third-order valence-corrected chi connectivity index (χ3v) is 4.97. The third-order valence-electron chi connectivity index (χ3n) is 4.97. The van der Waals surface area contributed by atoms with E-state index in [2.05, 4.69) is 10.1 Å². The van der Waals surface area contributed by atoms with Crippen molar-refractivity contribution in [3.8, 4) is 5.75 Å². The van der Waals surface area contributed by atoms with Crippen molar-refractivity contribution in [2.75, 3.05) is 13.7 Å². The van der Waals surface area contributed by atoms with Crippen molar-refractivity contribution >= 4 is 11.7 Å². The van der Waals surface area contributed by atoms with Crippen molar-refractivity contribution in [3.63, 3.8) is 0 Å². The smallest absolute Gasteiger partial charge is 0.303 e. The molecule has 1 aromatic heterocycles. The molecule has 0 aliphatic carbocycles. The van der Waals surface area contributed by atoms with Crippen molar-refractivity contribution in [1.29, 1.82) is 0 Å². The van der Waals surface area contributed by atoms with Crippen LogP contribution < -0.4 is 4.74 Å². The SMILES string of the molecule is COc1ccc(/C(=N\OCCCCC(=O)O)C(Cc2ccc(F)cc2)n2ccnc2)cc1. The average Bonchev–Trinajstić information content (AvgIpc) is 3.33. The molecular formula is C24H26FN3O4. The van der Waals surface area contributed by atoms with E-state index in [0.717, 1.165) is 16.9 Å². The van der Waals surface area contributed by atoms with Gasteiger partial charge in [-0.2, -0.15) is 0 Å². The predicted octanol–water partition coefficient (Wildman–Crippen LogP) is 4.49. The maximum absolute atomic E-state index is 13.4. The molecule has 8 heteroatoms. The molecule has 1 atom stereocenters. The van der Waals surface area contributed by atoms with Crippen LogP contribution in [0.3, 0.4) is 0 Å². The number of halogens is 1. The molecule has 0 bridgehead atoms. The van der Waals surface area contributed by atoms with Crippen LogP contribution in [-0.4, -0.2) is 40.1 Å². The van der Waals surface area contributed by atoms with Crippen LogP contribution in [-0.2, 0) is 16.1 Å². The monoisotopic (exact) mass is 439 g/mol. The number of benzene rings is 2. The van der Waals surface area contributed by atoms with Gasteiger partial charge in [0.25, 0.3) is 0 Å². The Labute approximate surface area is 186 Å². The highest BCUT2D eigenvalue weighted by atomic mass is 19.1. The number of rotatable bonds is 12. The summed E-state index contributed by atoms with van der Waals surface area (Å²) in [6.07, 6.45) is 6.99. The van der Waals surface area contributed by atoms with Crippen LogP contribution in [0.4, 0.5) is 4.39 Å². The molecule has 3 rings (SSSR count). The number of hydrogen-bond acceptors (Lipinski definition) is 5. The fraction of sp³-hybridized carbons (Fsp3) is 0.292. The number of ether oxygens (including phenoxy) is 1. The molecule has 0 aliphatic rings. The molecule has 0 aliphatic heterocycles. The normalized spacial score (nSPS) is 12.4. The number of aliphatic carboxylic acids is 1. The van der Waals surface area contributed by atoms with E-state index in [1.807, 2.05) is 35.0 Å². The summed E-state index contributed by atoms with van der Waals surface area (Å²) in [5.41, 5.74) is 2.46. The van der Waals surface area contributed by atoms with Gasteiger partial charge < -0.3 is 19.2 Å². The number of aromatic nitrogens is 2. The lowest BCUT2D eigenvalue weighted by molar-refractivity contribution is -0.137. The minimum atomic E-state index is -0.827. The highest BCUT2D eigenvalue weighted by Crippen LogP contribution is 2.23. The van der Waals surface area contributed by atoms with Crippen LogP contribution in [0, 0.1) is 5.82 Å². The number of imidazole rings is 1. The van der Waals surface area contributed by atoms with Gasteiger partial charge in [-0.15, -0.1) is 0 Å². The first-order valence-electron chi connectivity index (χ1n) is 10.3. The molecule has 0 saturated heterocycles. The molecule has 0 amide bonds. The molecule has 0 spiro atoms. The van der Waals surface area contributed by atoms with E-state index in [0.29, 0.717) is 31.6 Å². The van der Waals surface area contributed by atoms with E-state index in [1.165, 1.54) is 12.1 Å². The van der Waals surface area contributed by atoms with Crippen LogP contribution in [0.5, 0.6) is 5.75 Å². The second-order valence-corrected chi connectivity index (χ2v) is 7.25. The standard InChI is InChI=1S/C24H26FN3O4/c1-31-21-11-7-19(8-12-21)24(27-32-15-3-2-4-23(29)30)22(28-14-13-26-17-28)16-18-5-9-20(25)10-6-18/h5-14,17,22H,2-4,15-16H2,1H3,(H,29,30)/b27-24+. The van der Waals surface area contributed by atoms with Gasteiger partial charge in [-0.3, -0.25) is 4.79 Å². The molecule has 168 valence electrons. The van der Waals surface area contributed by atoms with Crippen molar-refractivity contribution in [2.24, 2.45) is 5.16 Å². The molecule has 1 unspecified atom stereocenters. The van der Waals surface area contributed by atoms with Gasteiger partial charge in [0.05, 0.1) is 19.5 Å². The Morgan fingerprint density at radius 3 is 2.53 bits per heavy atom. The highest BCUT2D eigenvalue weighted by molar-refractivity contribution is 6.03. The minimum absolute atomic E-state index is 0.0979. The van der Waals surface area contributed by atoms with Crippen LogP contribution in [0.15, 0.2) is 72.4 Å². The summed E-state index contributed by atoms with van der Waals surface area (Å²) in [5, 5.41) is 13.2. The van der Waals surface area contributed by atoms with E-state index < -0.39 is 5.97 Å². The number of hydrogen-bond donors (Lipinski definition) is 1. The molecular weight excluding hydrogens is 413 g/mol. The second kappa shape index (κ2) is 11.6. The van der Waals surface area contributed by atoms with Crippen LogP contribution in [0.25, 0.3) is 0 Å². The lowest BCUT2D eigenvalue weighted by atomic mass is 9.96. The number of carboxylic acids is 1. The van der Waals surface area contributed by atoms with Gasteiger partial charge in [0.15, 0.2) is 0 Å². The molecule has 0 radical (unpaired) electrons. The third kappa shape index (κ3) is 6.66. The summed E-state index contributed by atoms with van der Waals surface area (Å²) in [7, 11) is 1.60. The molecule has 0 fully saturated rings. The summed E-state index contributed by atoms with van der Waals surface area (Å²) in [6.45, 7) is 0.306. The van der Waals surface area contributed by atoms with E-state index in [9.17, 15) is 9.18 Å². The maximum atomic E-state index is 13.4. The zero-order valence-electron chi connectivity index (χ0n) is 17.9. The van der Waals surface area contributed by atoms with Crippen molar-refractivity contribution < 1.29 is 23.9 Å². The zero-order chi connectivity index (χ0) is 22.8. The predicted molar refractivity (Wildman–Crippen MR) is 118 cm³/mol. The van der Waals surface area contributed by atoms with Crippen LogP contribution in [0.1, 0.15) is 36.4 Å². The van der Waals surface area contributed by atoms with E-state index in [4.69, 9.17) is 14.7 Å². The molecule has 0 saturated carbocycles. The summed E-state index contributed by atoms with van der Waals surface area (Å²) >= 11 is 0. The molecule has 3 aromatic rings. The second-order valence-electron chi connectivity index (χ2n) is 7.25. The summed E-state index contributed by atoms with van der Waals surface area (Å²) in [4.78, 5) is 20.4. The lowest BCUT2D eigenvalue weighted by Crippen LogP contribution is -2.23. The topological polar surface area (TPSA) is 85.9 Å². The fourth-order valence-corrected chi connectivity index (χ4v) is 3.27. The van der Waals surface area contributed by atoms with Gasteiger partial charge in [0.2, 0.25) is 0 Å². The number of carbonyl (C=O) groups is 1. The first-order valence-corrected chi connectivity index (χ1v) is 10.3. The molecule has 7 nitrogen and oxygen atoms in total. The lowest BCUT2D eigenvalue weighted by Gasteiger charge is -2.21. The van der Waals surface area contributed by atoms with Gasteiger partial charge in [-0.1, -0.05) is 17.3 Å². The number of oxime groups is 1. The van der Waals surface area contributed by atoms with Crippen LogP contribution >= 0.6 is 0 Å². The largest absolute Gasteiger partial charge is 0.497 e. The number of unbranched alkanes of at least 4 members (excludes halogenated alkanes) is 1. The Morgan fingerprint density at radius 2 is 1.91 bits per heavy atom. The molecule has 2 aromatic carbocycles. The Hall–Kier alpha value is -3.68. The Bertz CT molecular complexity index is 1000. The van der Waals surface area contributed by atoms with Gasteiger partial charge >= 0.3 is 5.97 Å². The van der Waals surface area contributed by atoms with E-state index in [1.54, 1.807) is 31.8 Å². The Kier molecular flexibility index (Phi) is 8.36. The number of methoxy groups -OCH3 is 1. The molecule has 1 heterocycles. The Morgan fingerprint density at radius 1 is 1.16 bits per heavy atom. The van der Waals surface area contributed by atoms with Crippen molar-refractivity contribution in [3.05, 3.63) is 84.2 Å². The summed E-state index contributed by atoms with van der Waals surface area (Å²) in [5.74, 6) is -0.394. The number of nitrogens with zero attached hydrogens (tertiary/aromatic N) is 3. The van der Waals surface area contributed by atoms with Crippen molar-refractivity contribution in [1.82, 2.24) is 9.55 Å². The molecule has 1 N–H and O–H groups in total. The number of carboxylic acid groups (broad SMARTS) is 1. The van der Waals surface area contributed by atoms with Crippen molar-refractivity contribution in [2.45, 2.75) is 31.7 Å². The van der Waals surface area contributed by atoms with Gasteiger partial charge in [0.1, 0.15) is 23.9 Å². The van der Waals surface area contributed by atoms with Crippen LogP contribution in [0.2, 0.25) is 0 Å². The van der Waals surface area contributed by atoms with Gasteiger partial charge in [-0.05, 0) is 61.2 Å². The first kappa shape index (κ1) is 23.0. The summed E-state index contributed by atoms with van der Waals surface area (Å²) < 4.78 is 20.6. The Balaban J connectivity index is 1.88. The first-order chi connectivity index (χ1) is 15.6. The average molecular weight is 439 g/mol. The fourth-order valence-electron chi connectivity index (χ4n) is 3.27. The summed E-state index contributed by atoms with van der Waals surface area (Å²) in [6, 6.07) is 13.6. The van der Waals surface area contributed by atoms with E-state index >= 15 is 0 Å². The van der Waals surface area contributed by atoms with Gasteiger partial charge in [0, 0.05) is 24.4 Å². The van der Waals surface area contributed by atoms with E-state index in [-0.39, 0.29) is 18.3 Å². The highest BCUT2D eigenvalue weighted by Gasteiger charge is 2.22. The quantitative estimate of drug-likeness (QED) is 0.255.